The Kier molecular flexibility index (Phi) is 4.30. The second-order valence-electron chi connectivity index (χ2n) is 7.45. The van der Waals surface area contributed by atoms with Crippen LogP contribution in [0.2, 0.25) is 0 Å². The molecule has 0 saturated heterocycles. The number of aromatic nitrogens is 4. The highest BCUT2D eigenvalue weighted by Gasteiger charge is 2.30. The van der Waals surface area contributed by atoms with Crippen LogP contribution in [0.1, 0.15) is 43.9 Å². The molecule has 0 aliphatic heterocycles. The molecular formula is C20H23N5O2. The van der Waals surface area contributed by atoms with E-state index < -0.39 is 0 Å². The highest BCUT2D eigenvalue weighted by molar-refractivity contribution is 5.83. The van der Waals surface area contributed by atoms with E-state index >= 15 is 0 Å². The van der Waals surface area contributed by atoms with Crippen molar-refractivity contribution in [1.29, 1.82) is 0 Å². The molecule has 1 saturated carbocycles. The van der Waals surface area contributed by atoms with Crippen LogP contribution in [-0.4, -0.2) is 31.5 Å². The summed E-state index contributed by atoms with van der Waals surface area (Å²) in [5, 5.41) is 12.6. The molecule has 2 aromatic heterocycles. The summed E-state index contributed by atoms with van der Waals surface area (Å²) in [6, 6.07) is 7.82. The van der Waals surface area contributed by atoms with Crippen LogP contribution in [0, 0.1) is 6.92 Å². The third-order valence-corrected chi connectivity index (χ3v) is 4.76. The van der Waals surface area contributed by atoms with E-state index in [9.17, 15) is 9.59 Å². The smallest absolute Gasteiger partial charge is 0.293 e. The van der Waals surface area contributed by atoms with Gasteiger partial charge < -0.3 is 5.32 Å². The highest BCUT2D eigenvalue weighted by atomic mass is 16.2. The van der Waals surface area contributed by atoms with Gasteiger partial charge in [-0.15, -0.1) is 0 Å². The normalized spacial score (nSPS) is 14.1. The molecule has 2 heterocycles. The monoisotopic (exact) mass is 365 g/mol. The summed E-state index contributed by atoms with van der Waals surface area (Å²) in [6.07, 6.45) is 3.82. The Morgan fingerprint density at radius 1 is 1.30 bits per heavy atom. The van der Waals surface area contributed by atoms with Crippen molar-refractivity contribution in [3.8, 4) is 5.69 Å². The zero-order chi connectivity index (χ0) is 19.1. The van der Waals surface area contributed by atoms with Crippen molar-refractivity contribution in [2.75, 3.05) is 0 Å². The fourth-order valence-corrected chi connectivity index (χ4v) is 3.35. The third kappa shape index (κ3) is 3.25. The summed E-state index contributed by atoms with van der Waals surface area (Å²) in [5.74, 6) is 0.115. The molecule has 3 aromatic rings. The summed E-state index contributed by atoms with van der Waals surface area (Å²) in [6.45, 7) is 5.67. The van der Waals surface area contributed by atoms with E-state index in [1.807, 2.05) is 45.0 Å². The molecule has 7 heteroatoms. The maximum Gasteiger partial charge on any atom is 0.293 e. The van der Waals surface area contributed by atoms with Gasteiger partial charge >= 0.3 is 0 Å². The van der Waals surface area contributed by atoms with Crippen molar-refractivity contribution >= 4 is 16.8 Å². The van der Waals surface area contributed by atoms with Crippen molar-refractivity contribution in [3.63, 3.8) is 0 Å². The molecule has 140 valence electrons. The molecule has 7 nitrogen and oxygen atoms in total. The quantitative estimate of drug-likeness (QED) is 0.752. The van der Waals surface area contributed by atoms with Crippen LogP contribution in [0.25, 0.3) is 16.6 Å². The standard InChI is InChI=1S/C20H23N5O2/c1-12(2)22-17(26)11-24-20(27)19-15(18(23-24)14-8-9-14)10-21-25(19)16-7-5-4-6-13(16)3/h4-7,10,12,14H,8-9,11H2,1-3H3,(H,22,26). The second-order valence-corrected chi connectivity index (χ2v) is 7.45. The number of fused-ring (bicyclic) bond motifs is 1. The van der Waals surface area contributed by atoms with Gasteiger partial charge in [-0.2, -0.15) is 10.2 Å². The van der Waals surface area contributed by atoms with Crippen molar-refractivity contribution in [2.45, 2.75) is 52.1 Å². The van der Waals surface area contributed by atoms with Gasteiger partial charge in [0.2, 0.25) is 5.91 Å². The number of amides is 1. The Balaban J connectivity index is 1.89. The van der Waals surface area contributed by atoms with Gasteiger partial charge in [-0.1, -0.05) is 18.2 Å². The fraction of sp³-hybridized carbons (Fsp3) is 0.400. The van der Waals surface area contributed by atoms with Crippen LogP contribution in [-0.2, 0) is 11.3 Å². The van der Waals surface area contributed by atoms with E-state index in [2.05, 4.69) is 15.5 Å². The number of benzene rings is 1. The lowest BCUT2D eigenvalue weighted by Crippen LogP contribution is -2.37. The first-order valence-corrected chi connectivity index (χ1v) is 9.30. The molecule has 1 aliphatic rings. The van der Waals surface area contributed by atoms with Gasteiger partial charge in [0.1, 0.15) is 12.1 Å². The number of carbonyl (C=O) groups is 1. The minimum atomic E-state index is -0.297. The molecule has 0 spiro atoms. The molecule has 0 atom stereocenters. The van der Waals surface area contributed by atoms with E-state index in [4.69, 9.17) is 0 Å². The average molecular weight is 365 g/mol. The van der Waals surface area contributed by atoms with Crippen molar-refractivity contribution in [3.05, 3.63) is 52.1 Å². The topological polar surface area (TPSA) is 81.8 Å². The third-order valence-electron chi connectivity index (χ3n) is 4.76. The molecule has 1 fully saturated rings. The van der Waals surface area contributed by atoms with Crippen molar-refractivity contribution in [2.24, 2.45) is 0 Å². The van der Waals surface area contributed by atoms with Crippen LogP contribution >= 0.6 is 0 Å². The lowest BCUT2D eigenvalue weighted by molar-refractivity contribution is -0.122. The molecule has 1 amide bonds. The number of aryl methyl sites for hydroxylation is 1. The first-order valence-electron chi connectivity index (χ1n) is 9.30. The van der Waals surface area contributed by atoms with Gasteiger partial charge in [0.05, 0.1) is 17.6 Å². The molecule has 0 radical (unpaired) electrons. The Morgan fingerprint density at radius 2 is 2.04 bits per heavy atom. The van der Waals surface area contributed by atoms with Crippen molar-refractivity contribution in [1.82, 2.24) is 24.9 Å². The van der Waals surface area contributed by atoms with Crippen LogP contribution in [0.15, 0.2) is 35.3 Å². The Bertz CT molecular complexity index is 1080. The summed E-state index contributed by atoms with van der Waals surface area (Å²) in [4.78, 5) is 25.4. The summed E-state index contributed by atoms with van der Waals surface area (Å²) in [7, 11) is 0. The van der Waals surface area contributed by atoms with Gasteiger partial charge in [0.15, 0.2) is 0 Å². The van der Waals surface area contributed by atoms with Crippen LogP contribution in [0.3, 0.4) is 0 Å². The number of rotatable bonds is 5. The fourth-order valence-electron chi connectivity index (χ4n) is 3.35. The Hall–Kier alpha value is -2.96. The number of nitrogens with one attached hydrogen (secondary N) is 1. The second kappa shape index (κ2) is 6.64. The van der Waals surface area contributed by atoms with Gasteiger partial charge in [-0.05, 0) is 45.2 Å². The van der Waals surface area contributed by atoms with Crippen molar-refractivity contribution < 1.29 is 4.79 Å². The predicted octanol–water partition coefficient (Wildman–Crippen LogP) is 2.29. The Labute approximate surface area is 157 Å². The van der Waals surface area contributed by atoms with Gasteiger partial charge in [0, 0.05) is 17.3 Å². The van der Waals surface area contributed by atoms with Crippen LogP contribution in [0.5, 0.6) is 0 Å². The molecular weight excluding hydrogens is 342 g/mol. The van der Waals surface area contributed by atoms with E-state index in [0.29, 0.717) is 11.4 Å². The average Bonchev–Trinajstić information content (AvgIpc) is 3.36. The van der Waals surface area contributed by atoms with Crippen LogP contribution < -0.4 is 10.9 Å². The Morgan fingerprint density at radius 3 is 2.70 bits per heavy atom. The van der Waals surface area contributed by atoms with E-state index in [-0.39, 0.29) is 24.1 Å². The largest absolute Gasteiger partial charge is 0.352 e. The minimum absolute atomic E-state index is 0.0114. The summed E-state index contributed by atoms with van der Waals surface area (Å²) >= 11 is 0. The maximum atomic E-state index is 13.2. The van der Waals surface area contributed by atoms with E-state index in [0.717, 1.165) is 35.2 Å². The summed E-state index contributed by atoms with van der Waals surface area (Å²) < 4.78 is 2.96. The zero-order valence-corrected chi connectivity index (χ0v) is 15.8. The lowest BCUT2D eigenvalue weighted by Gasteiger charge is -2.12. The molecule has 27 heavy (non-hydrogen) atoms. The number of nitrogens with zero attached hydrogens (tertiary/aromatic N) is 4. The molecule has 1 aliphatic carbocycles. The maximum absolute atomic E-state index is 13.2. The number of carbonyl (C=O) groups excluding carboxylic acids is 1. The number of hydrogen-bond acceptors (Lipinski definition) is 4. The number of hydrogen-bond donors (Lipinski definition) is 1. The highest BCUT2D eigenvalue weighted by Crippen LogP contribution is 2.41. The molecule has 1 N–H and O–H groups in total. The number of para-hydroxylation sites is 1. The van der Waals surface area contributed by atoms with E-state index in [1.165, 1.54) is 4.68 Å². The predicted molar refractivity (Wildman–Crippen MR) is 103 cm³/mol. The van der Waals surface area contributed by atoms with Gasteiger partial charge in [0.25, 0.3) is 5.56 Å². The molecule has 1 aromatic carbocycles. The van der Waals surface area contributed by atoms with Gasteiger partial charge in [-0.3, -0.25) is 9.59 Å². The lowest BCUT2D eigenvalue weighted by atomic mass is 10.2. The first kappa shape index (κ1) is 17.5. The molecule has 4 rings (SSSR count). The van der Waals surface area contributed by atoms with E-state index in [1.54, 1.807) is 10.9 Å². The SMILES string of the molecule is Cc1ccccc1-n1ncc2c(C3CC3)nn(CC(=O)NC(C)C)c(=O)c21. The first-order chi connectivity index (χ1) is 13.0. The minimum Gasteiger partial charge on any atom is -0.352 e. The molecule has 0 bridgehead atoms. The molecule has 0 unspecified atom stereocenters. The van der Waals surface area contributed by atoms with Crippen LogP contribution in [0.4, 0.5) is 0 Å². The van der Waals surface area contributed by atoms with Gasteiger partial charge in [-0.25, -0.2) is 9.36 Å². The summed E-state index contributed by atoms with van der Waals surface area (Å²) in [5.41, 5.74) is 2.93. The zero-order valence-electron chi connectivity index (χ0n) is 15.8.